The molecule has 2 rings (SSSR count). The van der Waals surface area contributed by atoms with Crippen LogP contribution in [0.5, 0.6) is 5.75 Å². The number of methoxy groups -OCH3 is 1. The lowest BCUT2D eigenvalue weighted by atomic mass is 9.95. The summed E-state index contributed by atoms with van der Waals surface area (Å²) >= 11 is 0. The van der Waals surface area contributed by atoms with E-state index in [9.17, 15) is 0 Å². The van der Waals surface area contributed by atoms with E-state index in [-0.39, 0.29) is 0 Å². The van der Waals surface area contributed by atoms with Crippen molar-refractivity contribution in [2.75, 3.05) is 7.11 Å². The van der Waals surface area contributed by atoms with Crippen molar-refractivity contribution in [2.45, 2.75) is 13.8 Å². The van der Waals surface area contributed by atoms with Crippen molar-refractivity contribution < 1.29 is 4.74 Å². The minimum Gasteiger partial charge on any atom is -0.496 e. The molecule has 0 heterocycles. The second-order valence-electron chi connectivity index (χ2n) is 4.27. The Hall–Kier alpha value is -2.02. The molecule has 92 valence electrons. The van der Waals surface area contributed by atoms with Crippen LogP contribution < -0.4 is 4.74 Å². The first-order valence-corrected chi connectivity index (χ1v) is 6.13. The highest BCUT2D eigenvalue weighted by Crippen LogP contribution is 2.31. The van der Waals surface area contributed by atoms with Gasteiger partial charge in [-0.1, -0.05) is 48.0 Å². The molecule has 0 spiro atoms. The van der Waals surface area contributed by atoms with Crippen LogP contribution in [0.2, 0.25) is 0 Å². The molecule has 0 bridgehead atoms. The molecular formula is C17H18O. The van der Waals surface area contributed by atoms with Gasteiger partial charge in [-0.3, -0.25) is 0 Å². The molecule has 0 saturated heterocycles. The third-order valence-electron chi connectivity index (χ3n) is 3.02. The zero-order valence-electron chi connectivity index (χ0n) is 11.1. The van der Waals surface area contributed by atoms with E-state index >= 15 is 0 Å². The first-order chi connectivity index (χ1) is 8.76. The third-order valence-corrected chi connectivity index (χ3v) is 3.02. The van der Waals surface area contributed by atoms with Crippen molar-refractivity contribution in [1.29, 1.82) is 0 Å². The Morgan fingerprint density at radius 2 is 1.78 bits per heavy atom. The summed E-state index contributed by atoms with van der Waals surface area (Å²) in [5.74, 6) is 0.914. The number of ether oxygens (including phenoxy) is 1. The van der Waals surface area contributed by atoms with Gasteiger partial charge in [0.2, 0.25) is 0 Å². The van der Waals surface area contributed by atoms with E-state index in [0.29, 0.717) is 0 Å². The molecule has 0 aromatic heterocycles. The summed E-state index contributed by atoms with van der Waals surface area (Å²) in [6.07, 6.45) is 2.13. The molecule has 0 aliphatic carbocycles. The van der Waals surface area contributed by atoms with Gasteiger partial charge in [0.25, 0.3) is 0 Å². The van der Waals surface area contributed by atoms with Gasteiger partial charge in [0.15, 0.2) is 0 Å². The van der Waals surface area contributed by atoms with E-state index in [1.165, 1.54) is 16.7 Å². The normalized spacial score (nSPS) is 11.4. The van der Waals surface area contributed by atoms with Crippen molar-refractivity contribution in [3.63, 3.8) is 0 Å². The van der Waals surface area contributed by atoms with Crippen molar-refractivity contribution >= 4 is 5.57 Å². The van der Waals surface area contributed by atoms with Crippen LogP contribution in [0.25, 0.3) is 5.57 Å². The first-order valence-electron chi connectivity index (χ1n) is 6.13. The maximum Gasteiger partial charge on any atom is 0.126 e. The topological polar surface area (TPSA) is 9.23 Å². The van der Waals surface area contributed by atoms with Gasteiger partial charge in [-0.15, -0.1) is 0 Å². The average molecular weight is 238 g/mol. The number of hydrogen-bond donors (Lipinski definition) is 0. The van der Waals surface area contributed by atoms with Crippen LogP contribution >= 0.6 is 0 Å². The summed E-state index contributed by atoms with van der Waals surface area (Å²) in [4.78, 5) is 0. The predicted octanol–water partition coefficient (Wildman–Crippen LogP) is 4.46. The van der Waals surface area contributed by atoms with E-state index in [0.717, 1.165) is 11.3 Å². The summed E-state index contributed by atoms with van der Waals surface area (Å²) in [5.41, 5.74) is 4.80. The lowest BCUT2D eigenvalue weighted by molar-refractivity contribution is 0.413. The van der Waals surface area contributed by atoms with Crippen LogP contribution in [0.1, 0.15) is 23.6 Å². The Bertz CT molecular complexity index is 553. The van der Waals surface area contributed by atoms with Gasteiger partial charge < -0.3 is 4.74 Å². The summed E-state index contributed by atoms with van der Waals surface area (Å²) in [6, 6.07) is 16.7. The molecule has 0 aliphatic heterocycles. The number of rotatable bonds is 3. The largest absolute Gasteiger partial charge is 0.496 e. The molecule has 2 aromatic carbocycles. The van der Waals surface area contributed by atoms with E-state index in [1.54, 1.807) is 7.11 Å². The summed E-state index contributed by atoms with van der Waals surface area (Å²) in [5, 5.41) is 0. The van der Waals surface area contributed by atoms with Crippen molar-refractivity contribution in [3.8, 4) is 5.75 Å². The van der Waals surface area contributed by atoms with Crippen LogP contribution in [0.4, 0.5) is 0 Å². The monoisotopic (exact) mass is 238 g/mol. The Morgan fingerprint density at radius 1 is 1.06 bits per heavy atom. The molecular weight excluding hydrogens is 220 g/mol. The number of allylic oxidation sites excluding steroid dienone is 1. The zero-order valence-corrected chi connectivity index (χ0v) is 11.1. The predicted molar refractivity (Wildman–Crippen MR) is 76.9 cm³/mol. The van der Waals surface area contributed by atoms with Crippen molar-refractivity contribution in [1.82, 2.24) is 0 Å². The fourth-order valence-electron chi connectivity index (χ4n) is 2.13. The Kier molecular flexibility index (Phi) is 3.83. The molecule has 1 nitrogen and oxygen atoms in total. The molecule has 0 fully saturated rings. The van der Waals surface area contributed by atoms with Gasteiger partial charge in [-0.05, 0) is 37.1 Å². The lowest BCUT2D eigenvalue weighted by Crippen LogP contribution is -1.94. The SMILES string of the molecule is CC=C(c1ccccc1)c1cc(C)ccc1OC. The second-order valence-corrected chi connectivity index (χ2v) is 4.27. The fourth-order valence-corrected chi connectivity index (χ4v) is 2.13. The standard InChI is InChI=1S/C17H18O/c1-4-15(14-8-6-5-7-9-14)16-12-13(2)10-11-17(16)18-3/h4-12H,1-3H3. The van der Waals surface area contributed by atoms with Crippen molar-refractivity contribution in [2.24, 2.45) is 0 Å². The van der Waals surface area contributed by atoms with Gasteiger partial charge >= 0.3 is 0 Å². The second kappa shape index (κ2) is 5.54. The van der Waals surface area contributed by atoms with E-state index in [4.69, 9.17) is 4.74 Å². The van der Waals surface area contributed by atoms with Gasteiger partial charge in [0.1, 0.15) is 5.75 Å². The third kappa shape index (κ3) is 2.45. The van der Waals surface area contributed by atoms with Gasteiger partial charge in [0.05, 0.1) is 7.11 Å². The fraction of sp³-hybridized carbons (Fsp3) is 0.176. The molecule has 18 heavy (non-hydrogen) atoms. The molecule has 0 radical (unpaired) electrons. The lowest BCUT2D eigenvalue weighted by Gasteiger charge is -2.13. The molecule has 0 N–H and O–H groups in total. The Balaban J connectivity index is 2.56. The number of benzene rings is 2. The quantitative estimate of drug-likeness (QED) is 0.767. The number of aryl methyl sites for hydroxylation is 1. The van der Waals surface area contributed by atoms with Gasteiger partial charge in [0, 0.05) is 5.56 Å². The highest BCUT2D eigenvalue weighted by atomic mass is 16.5. The van der Waals surface area contributed by atoms with Crippen molar-refractivity contribution in [3.05, 3.63) is 71.3 Å². The minimum absolute atomic E-state index is 0.914. The van der Waals surface area contributed by atoms with Crippen LogP contribution in [0, 0.1) is 6.92 Å². The molecule has 0 aliphatic rings. The Labute approximate surface area is 109 Å². The molecule has 1 heteroatoms. The van der Waals surface area contributed by atoms with Crippen LogP contribution in [0.3, 0.4) is 0 Å². The maximum absolute atomic E-state index is 5.46. The van der Waals surface area contributed by atoms with E-state index in [2.05, 4.69) is 56.3 Å². The number of hydrogen-bond acceptors (Lipinski definition) is 1. The van der Waals surface area contributed by atoms with Crippen LogP contribution in [-0.2, 0) is 0 Å². The average Bonchev–Trinajstić information content (AvgIpc) is 2.41. The van der Waals surface area contributed by atoms with E-state index < -0.39 is 0 Å². The maximum atomic E-state index is 5.46. The highest BCUT2D eigenvalue weighted by molar-refractivity contribution is 5.82. The summed E-state index contributed by atoms with van der Waals surface area (Å²) in [7, 11) is 1.71. The highest BCUT2D eigenvalue weighted by Gasteiger charge is 2.09. The zero-order chi connectivity index (χ0) is 13.0. The summed E-state index contributed by atoms with van der Waals surface area (Å²) < 4.78 is 5.46. The molecule has 0 atom stereocenters. The summed E-state index contributed by atoms with van der Waals surface area (Å²) in [6.45, 7) is 4.16. The molecule has 0 amide bonds. The van der Waals surface area contributed by atoms with Crippen LogP contribution in [0.15, 0.2) is 54.6 Å². The molecule has 2 aromatic rings. The Morgan fingerprint density at radius 3 is 2.39 bits per heavy atom. The first kappa shape index (κ1) is 12.4. The van der Waals surface area contributed by atoms with E-state index in [1.807, 2.05) is 12.1 Å². The van der Waals surface area contributed by atoms with Gasteiger partial charge in [-0.2, -0.15) is 0 Å². The van der Waals surface area contributed by atoms with Crippen LogP contribution in [-0.4, -0.2) is 7.11 Å². The minimum atomic E-state index is 0.914. The molecule has 0 saturated carbocycles. The smallest absolute Gasteiger partial charge is 0.126 e. The van der Waals surface area contributed by atoms with Gasteiger partial charge in [-0.25, -0.2) is 0 Å². The molecule has 0 unspecified atom stereocenters.